The highest BCUT2D eigenvalue weighted by Crippen LogP contribution is 2.29. The van der Waals surface area contributed by atoms with Crippen LogP contribution in [0.4, 0.5) is 4.39 Å². The summed E-state index contributed by atoms with van der Waals surface area (Å²) in [5.74, 6) is 1.17. The van der Waals surface area contributed by atoms with E-state index in [4.69, 9.17) is 9.47 Å². The monoisotopic (exact) mass is 328 g/mol. The van der Waals surface area contributed by atoms with Gasteiger partial charge in [-0.3, -0.25) is 4.99 Å². The predicted octanol–water partition coefficient (Wildman–Crippen LogP) is 4.07. The molecule has 2 aromatic rings. The maximum Gasteiger partial charge on any atom is 0.169 e. The van der Waals surface area contributed by atoms with Crippen LogP contribution in [0.5, 0.6) is 17.2 Å². The highest BCUT2D eigenvalue weighted by Gasteiger charge is 2.13. The molecule has 0 spiro atoms. The van der Waals surface area contributed by atoms with Gasteiger partial charge in [0.05, 0.1) is 20.0 Å². The second-order valence-corrected chi connectivity index (χ2v) is 5.89. The first-order valence-electron chi connectivity index (χ1n) is 8.01. The summed E-state index contributed by atoms with van der Waals surface area (Å²) in [6.45, 7) is 4.91. The van der Waals surface area contributed by atoms with Crippen LogP contribution in [0.15, 0.2) is 47.5 Å². The lowest BCUT2D eigenvalue weighted by atomic mass is 10.0. The molecular weight excluding hydrogens is 307 g/mol. The number of ether oxygens (including phenoxy) is 2. The molecule has 5 heteroatoms. The lowest BCUT2D eigenvalue weighted by Gasteiger charge is -2.20. The number of benzene rings is 2. The molecule has 0 amide bonds. The fourth-order valence-corrected chi connectivity index (χ4v) is 2.72. The number of nitrogens with zero attached hydrogens (tertiary/aromatic N) is 2. The van der Waals surface area contributed by atoms with Crippen LogP contribution in [0.2, 0.25) is 0 Å². The van der Waals surface area contributed by atoms with E-state index < -0.39 is 5.82 Å². The van der Waals surface area contributed by atoms with Crippen LogP contribution in [-0.4, -0.2) is 38.0 Å². The molecule has 1 atom stereocenters. The molecule has 0 fully saturated rings. The Hall–Kier alpha value is -2.56. The molecule has 3 rings (SSSR count). The van der Waals surface area contributed by atoms with Gasteiger partial charge >= 0.3 is 0 Å². The van der Waals surface area contributed by atoms with Crippen LogP contribution in [-0.2, 0) is 0 Å². The molecule has 0 aromatic heterocycles. The SMILES string of the molecule is COc1ccc(Oc2cccc(C(C)CN3C=NCC3)c2)c(F)c1. The van der Waals surface area contributed by atoms with Crippen molar-refractivity contribution in [1.29, 1.82) is 0 Å². The normalized spacial score (nSPS) is 14.7. The minimum atomic E-state index is -0.443. The quantitative estimate of drug-likeness (QED) is 0.801. The second kappa shape index (κ2) is 7.34. The molecule has 1 heterocycles. The van der Waals surface area contributed by atoms with Crippen molar-refractivity contribution in [3.63, 3.8) is 0 Å². The molecule has 0 bridgehead atoms. The van der Waals surface area contributed by atoms with Gasteiger partial charge in [0.2, 0.25) is 0 Å². The van der Waals surface area contributed by atoms with Crippen LogP contribution in [0.25, 0.3) is 0 Å². The van der Waals surface area contributed by atoms with Crippen LogP contribution in [0.1, 0.15) is 18.4 Å². The zero-order chi connectivity index (χ0) is 16.9. The molecule has 1 unspecified atom stereocenters. The number of hydrogen-bond acceptors (Lipinski definition) is 4. The molecule has 1 aliphatic rings. The standard InChI is InChI=1S/C19H21FN2O2/c1-14(12-22-9-8-21-13-22)15-4-3-5-17(10-15)24-19-7-6-16(23-2)11-18(19)20/h3-7,10-11,13-14H,8-9,12H2,1-2H3. The van der Waals surface area contributed by atoms with E-state index in [1.54, 1.807) is 12.1 Å². The lowest BCUT2D eigenvalue weighted by Crippen LogP contribution is -2.24. The van der Waals surface area contributed by atoms with E-state index in [9.17, 15) is 4.39 Å². The second-order valence-electron chi connectivity index (χ2n) is 5.89. The molecule has 0 saturated carbocycles. The third kappa shape index (κ3) is 3.85. The van der Waals surface area contributed by atoms with E-state index in [-0.39, 0.29) is 5.75 Å². The Morgan fingerprint density at radius 1 is 1.21 bits per heavy atom. The molecule has 0 aliphatic carbocycles. The smallest absolute Gasteiger partial charge is 0.169 e. The molecule has 126 valence electrons. The number of rotatable bonds is 6. The summed E-state index contributed by atoms with van der Waals surface area (Å²) in [5.41, 5.74) is 1.15. The first-order chi connectivity index (χ1) is 11.7. The van der Waals surface area contributed by atoms with E-state index in [1.807, 2.05) is 24.5 Å². The first-order valence-corrected chi connectivity index (χ1v) is 8.01. The maximum absolute atomic E-state index is 14.0. The largest absolute Gasteiger partial charge is 0.497 e. The molecule has 0 N–H and O–H groups in total. The van der Waals surface area contributed by atoms with E-state index in [2.05, 4.69) is 22.9 Å². The van der Waals surface area contributed by atoms with E-state index in [0.29, 0.717) is 17.4 Å². The number of aliphatic imine (C=N–C) groups is 1. The molecule has 4 nitrogen and oxygen atoms in total. The van der Waals surface area contributed by atoms with Gasteiger partial charge in [-0.15, -0.1) is 0 Å². The molecule has 0 saturated heterocycles. The van der Waals surface area contributed by atoms with Crippen molar-refractivity contribution in [2.45, 2.75) is 12.8 Å². The zero-order valence-corrected chi connectivity index (χ0v) is 13.9. The van der Waals surface area contributed by atoms with Crippen LogP contribution < -0.4 is 9.47 Å². The summed E-state index contributed by atoms with van der Waals surface area (Å²) in [5, 5.41) is 0. The minimum absolute atomic E-state index is 0.187. The summed E-state index contributed by atoms with van der Waals surface area (Å²) < 4.78 is 24.7. The molecule has 1 aliphatic heterocycles. The molecule has 24 heavy (non-hydrogen) atoms. The molecule has 2 aromatic carbocycles. The van der Waals surface area contributed by atoms with Crippen molar-refractivity contribution >= 4 is 6.34 Å². The summed E-state index contributed by atoms with van der Waals surface area (Å²) in [4.78, 5) is 6.44. The van der Waals surface area contributed by atoms with Crippen molar-refractivity contribution in [2.24, 2.45) is 4.99 Å². The van der Waals surface area contributed by atoms with Gasteiger partial charge < -0.3 is 14.4 Å². The third-order valence-corrected chi connectivity index (χ3v) is 4.06. The summed E-state index contributed by atoms with van der Waals surface area (Å²) in [6.07, 6.45) is 1.91. The summed E-state index contributed by atoms with van der Waals surface area (Å²) in [7, 11) is 1.51. The van der Waals surface area contributed by atoms with E-state index >= 15 is 0 Å². The van der Waals surface area contributed by atoms with Crippen molar-refractivity contribution in [3.8, 4) is 17.2 Å². The Morgan fingerprint density at radius 3 is 2.79 bits per heavy atom. The first kappa shape index (κ1) is 16.3. The van der Waals surface area contributed by atoms with Gasteiger partial charge in [0.15, 0.2) is 11.6 Å². The van der Waals surface area contributed by atoms with Gasteiger partial charge in [-0.1, -0.05) is 19.1 Å². The van der Waals surface area contributed by atoms with E-state index in [0.717, 1.165) is 25.2 Å². The number of halogens is 1. The highest BCUT2D eigenvalue weighted by molar-refractivity contribution is 5.57. The predicted molar refractivity (Wildman–Crippen MR) is 92.8 cm³/mol. The number of methoxy groups -OCH3 is 1. The van der Waals surface area contributed by atoms with Gasteiger partial charge in [0.25, 0.3) is 0 Å². The van der Waals surface area contributed by atoms with Crippen molar-refractivity contribution in [3.05, 3.63) is 53.8 Å². The Bertz CT molecular complexity index is 733. The van der Waals surface area contributed by atoms with Crippen LogP contribution >= 0.6 is 0 Å². The molecular formula is C19H21FN2O2. The average Bonchev–Trinajstić information content (AvgIpc) is 3.10. The number of hydrogen-bond donors (Lipinski definition) is 0. The van der Waals surface area contributed by atoms with Crippen molar-refractivity contribution in [1.82, 2.24) is 4.90 Å². The third-order valence-electron chi connectivity index (χ3n) is 4.06. The fourth-order valence-electron chi connectivity index (χ4n) is 2.72. The van der Waals surface area contributed by atoms with Crippen molar-refractivity contribution in [2.75, 3.05) is 26.7 Å². The van der Waals surface area contributed by atoms with Gasteiger partial charge in [-0.25, -0.2) is 4.39 Å². The fraction of sp³-hybridized carbons (Fsp3) is 0.316. The Balaban J connectivity index is 1.71. The Morgan fingerprint density at radius 2 is 2.08 bits per heavy atom. The van der Waals surface area contributed by atoms with Crippen LogP contribution in [0, 0.1) is 5.82 Å². The van der Waals surface area contributed by atoms with Crippen molar-refractivity contribution < 1.29 is 13.9 Å². The van der Waals surface area contributed by atoms with Crippen LogP contribution in [0.3, 0.4) is 0 Å². The average molecular weight is 328 g/mol. The summed E-state index contributed by atoms with van der Waals surface area (Å²) >= 11 is 0. The highest BCUT2D eigenvalue weighted by atomic mass is 19.1. The summed E-state index contributed by atoms with van der Waals surface area (Å²) in [6, 6.07) is 12.4. The minimum Gasteiger partial charge on any atom is -0.497 e. The lowest BCUT2D eigenvalue weighted by molar-refractivity contribution is 0.402. The van der Waals surface area contributed by atoms with E-state index in [1.165, 1.54) is 13.2 Å². The topological polar surface area (TPSA) is 34.1 Å². The zero-order valence-electron chi connectivity index (χ0n) is 13.9. The Labute approximate surface area is 141 Å². The van der Waals surface area contributed by atoms with Gasteiger partial charge in [0, 0.05) is 19.2 Å². The molecule has 0 radical (unpaired) electrons. The van der Waals surface area contributed by atoms with Gasteiger partial charge in [-0.05, 0) is 35.7 Å². The maximum atomic E-state index is 14.0. The Kier molecular flexibility index (Phi) is 4.99. The van der Waals surface area contributed by atoms with Gasteiger partial charge in [0.1, 0.15) is 11.5 Å². The van der Waals surface area contributed by atoms with Gasteiger partial charge in [-0.2, -0.15) is 0 Å².